The lowest BCUT2D eigenvalue weighted by Crippen LogP contribution is -2.44. The number of rotatable bonds is 5. The fourth-order valence-electron chi connectivity index (χ4n) is 3.26. The molecule has 0 radical (unpaired) electrons. The predicted octanol–water partition coefficient (Wildman–Crippen LogP) is 0.611. The van der Waals surface area contributed by atoms with E-state index in [1.807, 2.05) is 27.7 Å². The molecule has 1 atom stereocenters. The molecule has 0 amide bonds. The molecular formula is C17H30BN5O2. The summed E-state index contributed by atoms with van der Waals surface area (Å²) in [5.41, 5.74) is 5.79. The Hall–Kier alpha value is -1.22. The van der Waals surface area contributed by atoms with Gasteiger partial charge in [-0.3, -0.25) is 0 Å². The second-order valence-electron chi connectivity index (χ2n) is 8.00. The molecule has 2 fully saturated rings. The maximum Gasteiger partial charge on any atom is 0.498 e. The molecule has 1 aromatic heterocycles. The highest BCUT2D eigenvalue weighted by atomic mass is 16.7. The summed E-state index contributed by atoms with van der Waals surface area (Å²) in [4.78, 5) is 11.3. The molecule has 2 aliphatic rings. The van der Waals surface area contributed by atoms with E-state index in [-0.39, 0.29) is 11.2 Å². The number of piperidine rings is 1. The van der Waals surface area contributed by atoms with Crippen molar-refractivity contribution in [2.45, 2.75) is 57.8 Å². The van der Waals surface area contributed by atoms with E-state index < -0.39 is 7.12 Å². The van der Waals surface area contributed by atoms with Gasteiger partial charge in [0.25, 0.3) is 0 Å². The lowest BCUT2D eigenvalue weighted by molar-refractivity contribution is 0.00578. The number of nitrogens with one attached hydrogen (secondary N) is 1. The zero-order chi connectivity index (χ0) is 18.1. The molecular weight excluding hydrogens is 317 g/mol. The van der Waals surface area contributed by atoms with Gasteiger partial charge in [0.1, 0.15) is 0 Å². The molecule has 0 bridgehead atoms. The van der Waals surface area contributed by atoms with Crippen molar-refractivity contribution in [2.24, 2.45) is 5.73 Å². The highest BCUT2D eigenvalue weighted by molar-refractivity contribution is 6.61. The van der Waals surface area contributed by atoms with Gasteiger partial charge in [0, 0.05) is 43.5 Å². The molecule has 0 aliphatic carbocycles. The molecule has 3 rings (SSSR count). The summed E-state index contributed by atoms with van der Waals surface area (Å²) in [5.74, 6) is 0.653. The molecule has 3 heterocycles. The molecule has 0 spiro atoms. The summed E-state index contributed by atoms with van der Waals surface area (Å²) in [6, 6.07) is 0.364. The standard InChI is InChI=1S/C17H30BN5O2/c1-16(2)17(3,4)25-18(24-16)13-10-20-15(21-11-13)22-14-6-5-8-23(12-14)9-7-19/h10-11,14H,5-9,12,19H2,1-4H3,(H,20,21,22). The molecule has 0 aromatic carbocycles. The Kier molecular flexibility index (Phi) is 5.34. The molecule has 25 heavy (non-hydrogen) atoms. The van der Waals surface area contributed by atoms with E-state index in [0.717, 1.165) is 31.5 Å². The van der Waals surface area contributed by atoms with Crippen molar-refractivity contribution in [3.05, 3.63) is 12.4 Å². The lowest BCUT2D eigenvalue weighted by Gasteiger charge is -2.32. The van der Waals surface area contributed by atoms with Gasteiger partial charge in [-0.1, -0.05) is 0 Å². The highest BCUT2D eigenvalue weighted by Gasteiger charge is 2.51. The van der Waals surface area contributed by atoms with Crippen molar-refractivity contribution in [1.29, 1.82) is 0 Å². The van der Waals surface area contributed by atoms with Crippen LogP contribution in [0.4, 0.5) is 5.95 Å². The van der Waals surface area contributed by atoms with Crippen LogP contribution in [0.2, 0.25) is 0 Å². The first-order valence-corrected chi connectivity index (χ1v) is 9.17. The van der Waals surface area contributed by atoms with E-state index in [9.17, 15) is 0 Å². The highest BCUT2D eigenvalue weighted by Crippen LogP contribution is 2.36. The number of nitrogens with two attached hydrogens (primary N) is 1. The summed E-state index contributed by atoms with van der Waals surface area (Å²) in [6.45, 7) is 11.9. The molecule has 138 valence electrons. The summed E-state index contributed by atoms with van der Waals surface area (Å²) in [7, 11) is -0.422. The number of hydrogen-bond donors (Lipinski definition) is 2. The van der Waals surface area contributed by atoms with E-state index in [1.165, 1.54) is 6.42 Å². The van der Waals surface area contributed by atoms with Crippen LogP contribution in [-0.4, -0.2) is 65.4 Å². The maximum atomic E-state index is 6.04. The van der Waals surface area contributed by atoms with Gasteiger partial charge < -0.3 is 25.3 Å². The van der Waals surface area contributed by atoms with E-state index in [2.05, 4.69) is 20.2 Å². The summed E-state index contributed by atoms with van der Waals surface area (Å²) in [5, 5.41) is 3.43. The van der Waals surface area contributed by atoms with E-state index >= 15 is 0 Å². The zero-order valence-electron chi connectivity index (χ0n) is 15.8. The van der Waals surface area contributed by atoms with Crippen LogP contribution in [-0.2, 0) is 9.31 Å². The molecule has 1 unspecified atom stereocenters. The van der Waals surface area contributed by atoms with Crippen molar-refractivity contribution >= 4 is 18.5 Å². The Morgan fingerprint density at radius 3 is 2.48 bits per heavy atom. The van der Waals surface area contributed by atoms with Crippen LogP contribution in [0.3, 0.4) is 0 Å². The second kappa shape index (κ2) is 7.19. The Labute approximate surface area is 150 Å². The van der Waals surface area contributed by atoms with Crippen LogP contribution in [0, 0.1) is 0 Å². The van der Waals surface area contributed by atoms with Crippen LogP contribution >= 0.6 is 0 Å². The number of nitrogens with zero attached hydrogens (tertiary/aromatic N) is 3. The van der Waals surface area contributed by atoms with Crippen LogP contribution in [0.5, 0.6) is 0 Å². The molecule has 3 N–H and O–H groups in total. The largest absolute Gasteiger partial charge is 0.498 e. The van der Waals surface area contributed by atoms with Gasteiger partial charge in [-0.25, -0.2) is 9.97 Å². The van der Waals surface area contributed by atoms with Crippen molar-refractivity contribution in [3.63, 3.8) is 0 Å². The number of anilines is 1. The normalized spacial score (nSPS) is 26.0. The summed E-state index contributed by atoms with van der Waals surface area (Å²) >= 11 is 0. The third kappa shape index (κ3) is 4.14. The Bertz CT molecular complexity index is 563. The van der Waals surface area contributed by atoms with Crippen molar-refractivity contribution in [2.75, 3.05) is 31.5 Å². The fraction of sp³-hybridized carbons (Fsp3) is 0.765. The van der Waals surface area contributed by atoms with Crippen LogP contribution in [0.1, 0.15) is 40.5 Å². The van der Waals surface area contributed by atoms with Crippen molar-refractivity contribution in [1.82, 2.24) is 14.9 Å². The van der Waals surface area contributed by atoms with Crippen LogP contribution in [0.15, 0.2) is 12.4 Å². The van der Waals surface area contributed by atoms with Crippen LogP contribution < -0.4 is 16.5 Å². The molecule has 2 aliphatic heterocycles. The number of hydrogen-bond acceptors (Lipinski definition) is 7. The van der Waals surface area contributed by atoms with Crippen LogP contribution in [0.25, 0.3) is 0 Å². The molecule has 8 heteroatoms. The molecule has 0 saturated carbocycles. The molecule has 1 aromatic rings. The zero-order valence-corrected chi connectivity index (χ0v) is 15.8. The quantitative estimate of drug-likeness (QED) is 0.755. The first-order valence-electron chi connectivity index (χ1n) is 9.17. The fourth-order valence-corrected chi connectivity index (χ4v) is 3.26. The number of aromatic nitrogens is 2. The Morgan fingerprint density at radius 1 is 1.24 bits per heavy atom. The third-order valence-corrected chi connectivity index (χ3v) is 5.48. The Morgan fingerprint density at radius 2 is 1.88 bits per heavy atom. The molecule has 7 nitrogen and oxygen atoms in total. The lowest BCUT2D eigenvalue weighted by atomic mass is 9.81. The van der Waals surface area contributed by atoms with Gasteiger partial charge in [-0.05, 0) is 47.1 Å². The smallest absolute Gasteiger partial charge is 0.399 e. The minimum absolute atomic E-state index is 0.358. The first kappa shape index (κ1) is 18.6. The van der Waals surface area contributed by atoms with Gasteiger partial charge in [0.05, 0.1) is 11.2 Å². The van der Waals surface area contributed by atoms with Gasteiger partial charge >= 0.3 is 7.12 Å². The molecule has 2 saturated heterocycles. The topological polar surface area (TPSA) is 85.5 Å². The predicted molar refractivity (Wildman–Crippen MR) is 99.9 cm³/mol. The van der Waals surface area contributed by atoms with Gasteiger partial charge in [-0.15, -0.1) is 0 Å². The van der Waals surface area contributed by atoms with Gasteiger partial charge in [0.2, 0.25) is 5.95 Å². The summed E-state index contributed by atoms with van der Waals surface area (Å²) < 4.78 is 12.1. The summed E-state index contributed by atoms with van der Waals surface area (Å²) in [6.07, 6.45) is 5.88. The van der Waals surface area contributed by atoms with Gasteiger partial charge in [0.15, 0.2) is 0 Å². The Balaban J connectivity index is 1.60. The van der Waals surface area contributed by atoms with Crippen molar-refractivity contribution in [3.8, 4) is 0 Å². The third-order valence-electron chi connectivity index (χ3n) is 5.48. The average molecular weight is 347 g/mol. The van der Waals surface area contributed by atoms with E-state index in [4.69, 9.17) is 15.0 Å². The van der Waals surface area contributed by atoms with Crippen molar-refractivity contribution < 1.29 is 9.31 Å². The second-order valence-corrected chi connectivity index (χ2v) is 8.00. The maximum absolute atomic E-state index is 6.04. The minimum Gasteiger partial charge on any atom is -0.399 e. The van der Waals surface area contributed by atoms with E-state index in [1.54, 1.807) is 12.4 Å². The first-order chi connectivity index (χ1) is 11.8. The monoisotopic (exact) mass is 347 g/mol. The minimum atomic E-state index is -0.422. The van der Waals surface area contributed by atoms with Gasteiger partial charge in [-0.2, -0.15) is 0 Å². The SMILES string of the molecule is CC1(C)OB(c2cnc(NC3CCCN(CCN)C3)nc2)OC1(C)C. The average Bonchev–Trinajstić information content (AvgIpc) is 2.77. The number of likely N-dealkylation sites (tertiary alicyclic amines) is 1. The van der Waals surface area contributed by atoms with E-state index in [0.29, 0.717) is 18.5 Å².